The topological polar surface area (TPSA) is 84.6 Å². The Balaban J connectivity index is 1.17. The fourth-order valence-corrected chi connectivity index (χ4v) is 5.85. The van der Waals surface area contributed by atoms with Crippen molar-refractivity contribution in [2.75, 3.05) is 17.2 Å². The highest BCUT2D eigenvalue weighted by molar-refractivity contribution is 8.14. The van der Waals surface area contributed by atoms with Crippen LogP contribution in [-0.4, -0.2) is 50.7 Å². The van der Waals surface area contributed by atoms with Gasteiger partial charge in [0.2, 0.25) is 0 Å². The van der Waals surface area contributed by atoms with Crippen molar-refractivity contribution in [3.63, 3.8) is 0 Å². The molecule has 1 atom stereocenters. The Morgan fingerprint density at radius 2 is 1.84 bits per heavy atom. The third-order valence-electron chi connectivity index (χ3n) is 6.90. The van der Waals surface area contributed by atoms with E-state index in [1.165, 1.54) is 53.1 Å². The molecule has 0 bridgehead atoms. The van der Waals surface area contributed by atoms with E-state index < -0.39 is 12.4 Å². The van der Waals surface area contributed by atoms with Gasteiger partial charge < -0.3 is 15.0 Å². The Morgan fingerprint density at radius 3 is 2.52 bits per heavy atom. The first-order valence-electron chi connectivity index (χ1n) is 13.9. The third-order valence-corrected chi connectivity index (χ3v) is 8.09. The summed E-state index contributed by atoms with van der Waals surface area (Å²) in [5, 5.41) is 7.86. The number of urea groups is 1. The molecule has 0 saturated carbocycles. The van der Waals surface area contributed by atoms with Crippen LogP contribution < -0.4 is 15.0 Å². The number of carbonyl (C=O) groups is 1. The Labute approximate surface area is 256 Å². The highest BCUT2D eigenvalue weighted by Crippen LogP contribution is 2.36. The minimum absolute atomic E-state index is 0.104. The third kappa shape index (κ3) is 7.57. The second kappa shape index (κ2) is 13.1. The number of aromatic nitrogens is 3. The van der Waals surface area contributed by atoms with E-state index in [9.17, 15) is 22.4 Å². The van der Waals surface area contributed by atoms with Gasteiger partial charge in [-0.3, -0.25) is 0 Å². The van der Waals surface area contributed by atoms with Gasteiger partial charge in [0.15, 0.2) is 11.0 Å². The van der Waals surface area contributed by atoms with Gasteiger partial charge >= 0.3 is 12.4 Å². The largest absolute Gasteiger partial charge is 0.573 e. The number of amides is 2. The van der Waals surface area contributed by atoms with Crippen LogP contribution in [0.5, 0.6) is 5.75 Å². The van der Waals surface area contributed by atoms with E-state index in [0.29, 0.717) is 29.6 Å². The maximum absolute atomic E-state index is 13.9. The molecule has 2 heterocycles. The summed E-state index contributed by atoms with van der Waals surface area (Å²) in [5.41, 5.74) is 4.00. The predicted octanol–water partition coefficient (Wildman–Crippen LogP) is 7.35. The Kier molecular flexibility index (Phi) is 9.23. The number of benzene rings is 3. The van der Waals surface area contributed by atoms with E-state index in [1.807, 2.05) is 43.0 Å². The minimum Gasteiger partial charge on any atom is -0.406 e. The number of carbonyl (C=O) groups excluding carboxylic acids is 1. The summed E-state index contributed by atoms with van der Waals surface area (Å²) in [4.78, 5) is 23.3. The van der Waals surface area contributed by atoms with Crippen LogP contribution in [0.2, 0.25) is 0 Å². The second-order valence-electron chi connectivity index (χ2n) is 10.5. The van der Waals surface area contributed by atoms with Crippen molar-refractivity contribution in [2.24, 2.45) is 4.99 Å². The number of nitrogens with one attached hydrogen (secondary N) is 1. The van der Waals surface area contributed by atoms with Gasteiger partial charge in [0.25, 0.3) is 0 Å². The van der Waals surface area contributed by atoms with Crippen molar-refractivity contribution in [3.05, 3.63) is 90.0 Å². The Bertz CT molecular complexity index is 1640. The fraction of sp³-hybridized carbons (Fsp3) is 0.290. The molecule has 1 aliphatic rings. The van der Waals surface area contributed by atoms with Crippen molar-refractivity contribution in [3.8, 4) is 22.8 Å². The van der Waals surface area contributed by atoms with Crippen molar-refractivity contribution < 1.29 is 27.1 Å². The summed E-state index contributed by atoms with van der Waals surface area (Å²) < 4.78 is 56.5. The van der Waals surface area contributed by atoms with Crippen LogP contribution in [0.1, 0.15) is 37.8 Å². The lowest BCUT2D eigenvalue weighted by molar-refractivity contribution is -0.274. The molecule has 44 heavy (non-hydrogen) atoms. The van der Waals surface area contributed by atoms with Gasteiger partial charge in [0.1, 0.15) is 17.9 Å². The molecule has 2 amide bonds. The summed E-state index contributed by atoms with van der Waals surface area (Å²) in [7, 11) is 0. The number of hydrogen-bond acceptors (Lipinski definition) is 5. The van der Waals surface area contributed by atoms with E-state index in [0.717, 1.165) is 28.1 Å². The number of halogens is 4. The summed E-state index contributed by atoms with van der Waals surface area (Å²) >= 11 is 1.50. The van der Waals surface area contributed by atoms with E-state index in [4.69, 9.17) is 0 Å². The zero-order valence-electron chi connectivity index (χ0n) is 24.2. The van der Waals surface area contributed by atoms with Gasteiger partial charge in [0, 0.05) is 29.6 Å². The number of alkyl halides is 3. The molecule has 4 aromatic rings. The Hall–Kier alpha value is -4.39. The van der Waals surface area contributed by atoms with Gasteiger partial charge in [-0.15, -0.1) is 18.3 Å². The molecule has 3 aromatic carbocycles. The Morgan fingerprint density at radius 1 is 1.11 bits per heavy atom. The molecule has 1 saturated heterocycles. The van der Waals surface area contributed by atoms with Crippen LogP contribution in [0.15, 0.2) is 78.0 Å². The molecular formula is C31H30F4N6O2S. The standard InChI is InChI=1S/C31H30F4N6O2S/c1-19(2)26-16-23(32)8-13-27(26)41-20(3)17-44-30(41)38-29(42)36-15-14-21-4-6-22(7-5-21)28-37-18-40(39-28)24-9-11-25(12-10-24)43-31(33,34)35/h4-13,16,18-20H,14-15,17H2,1-3H3,(H,36,42)/b38-30-. The average molecular weight is 627 g/mol. The number of amidine groups is 1. The lowest BCUT2D eigenvalue weighted by Gasteiger charge is -2.27. The minimum atomic E-state index is -4.76. The molecule has 8 nitrogen and oxygen atoms in total. The van der Waals surface area contributed by atoms with Crippen LogP contribution in [0.25, 0.3) is 17.1 Å². The number of hydrogen-bond donors (Lipinski definition) is 1. The fourth-order valence-electron chi connectivity index (χ4n) is 4.74. The molecule has 1 fully saturated rings. The average Bonchev–Trinajstić information content (AvgIpc) is 3.60. The molecule has 0 spiro atoms. The maximum atomic E-state index is 13.9. The van der Waals surface area contributed by atoms with Crippen LogP contribution in [-0.2, 0) is 6.42 Å². The van der Waals surface area contributed by atoms with Gasteiger partial charge in [-0.25, -0.2) is 18.9 Å². The highest BCUT2D eigenvalue weighted by Gasteiger charge is 2.32. The van der Waals surface area contributed by atoms with E-state index >= 15 is 0 Å². The molecule has 1 unspecified atom stereocenters. The van der Waals surface area contributed by atoms with E-state index in [2.05, 4.69) is 32.1 Å². The lowest BCUT2D eigenvalue weighted by atomic mass is 10.00. The molecule has 0 radical (unpaired) electrons. The van der Waals surface area contributed by atoms with E-state index in [1.54, 1.807) is 12.1 Å². The smallest absolute Gasteiger partial charge is 0.406 e. The lowest BCUT2D eigenvalue weighted by Crippen LogP contribution is -2.34. The SMILES string of the molecule is CC(C)c1cc(F)ccc1N1/C(=N/C(=O)NCCc2ccc(-c3ncn(-c4ccc(OC(F)(F)F)cc4)n3)cc2)SCC1C. The summed E-state index contributed by atoms with van der Waals surface area (Å²) in [6.07, 6.45) is -2.70. The number of thioether (sulfide) groups is 1. The number of aliphatic imine (C=N–C) groups is 1. The summed E-state index contributed by atoms with van der Waals surface area (Å²) in [6.45, 7) is 6.45. The number of rotatable bonds is 8. The summed E-state index contributed by atoms with van der Waals surface area (Å²) in [6, 6.07) is 17.3. The van der Waals surface area contributed by atoms with Crippen molar-refractivity contribution >= 4 is 28.6 Å². The molecule has 13 heteroatoms. The monoisotopic (exact) mass is 626 g/mol. The zero-order valence-corrected chi connectivity index (χ0v) is 25.0. The highest BCUT2D eigenvalue weighted by atomic mass is 32.2. The molecule has 5 rings (SSSR count). The molecule has 1 aliphatic heterocycles. The van der Waals surface area contributed by atoms with Crippen LogP contribution in [0.3, 0.4) is 0 Å². The first-order chi connectivity index (χ1) is 21.0. The zero-order chi connectivity index (χ0) is 31.4. The van der Waals surface area contributed by atoms with Crippen molar-refractivity contribution in [1.82, 2.24) is 20.1 Å². The number of anilines is 1. The quantitative estimate of drug-likeness (QED) is 0.206. The van der Waals surface area contributed by atoms with Crippen molar-refractivity contribution in [1.29, 1.82) is 0 Å². The molecule has 1 N–H and O–H groups in total. The normalized spacial score (nSPS) is 16.1. The van der Waals surface area contributed by atoms with Crippen LogP contribution >= 0.6 is 11.8 Å². The van der Waals surface area contributed by atoms with Crippen molar-refractivity contribution in [2.45, 2.75) is 45.5 Å². The number of nitrogens with zero attached hydrogens (tertiary/aromatic N) is 5. The predicted molar refractivity (Wildman–Crippen MR) is 163 cm³/mol. The van der Waals surface area contributed by atoms with Crippen LogP contribution in [0.4, 0.5) is 28.0 Å². The molecule has 0 aliphatic carbocycles. The molecule has 1 aromatic heterocycles. The number of ether oxygens (including phenoxy) is 1. The van der Waals surface area contributed by atoms with Crippen LogP contribution in [0, 0.1) is 5.82 Å². The van der Waals surface area contributed by atoms with Gasteiger partial charge in [0.05, 0.1) is 5.69 Å². The first-order valence-corrected chi connectivity index (χ1v) is 14.9. The molecular weight excluding hydrogens is 596 g/mol. The van der Waals surface area contributed by atoms with Gasteiger partial charge in [-0.05, 0) is 72.9 Å². The summed E-state index contributed by atoms with van der Waals surface area (Å²) in [5.74, 6) is 0.711. The van der Waals surface area contributed by atoms with E-state index in [-0.39, 0.29) is 23.5 Å². The second-order valence-corrected chi connectivity index (χ2v) is 11.5. The van der Waals surface area contributed by atoms with Gasteiger partial charge in [-0.2, -0.15) is 4.99 Å². The maximum Gasteiger partial charge on any atom is 0.573 e. The molecule has 230 valence electrons. The van der Waals surface area contributed by atoms with Gasteiger partial charge in [-0.1, -0.05) is 49.9 Å². The first kappa shape index (κ1) is 31.0.